The lowest BCUT2D eigenvalue weighted by Crippen LogP contribution is -1.81. The summed E-state index contributed by atoms with van der Waals surface area (Å²) in [5, 5.41) is 0. The van der Waals surface area contributed by atoms with E-state index in [4.69, 9.17) is 0 Å². The maximum Gasteiger partial charge on any atom is -0.0307 e. The summed E-state index contributed by atoms with van der Waals surface area (Å²) in [5.74, 6) is 0. The average molecular weight is 240 g/mol. The predicted molar refractivity (Wildman–Crippen MR) is 81.0 cm³/mol. The number of hydrogen-bond donors (Lipinski definition) is 0. The fourth-order valence-corrected chi connectivity index (χ4v) is 1.72. The first-order chi connectivity index (χ1) is 8.80. The number of rotatable bonds is 3. The van der Waals surface area contributed by atoms with Crippen LogP contribution in [0.2, 0.25) is 0 Å². The van der Waals surface area contributed by atoms with Crippen molar-refractivity contribution >= 4 is 0 Å². The van der Waals surface area contributed by atoms with Crippen LogP contribution < -0.4 is 0 Å². The van der Waals surface area contributed by atoms with Crippen LogP contribution >= 0.6 is 0 Å². The summed E-state index contributed by atoms with van der Waals surface area (Å²) in [6.45, 7) is 6.53. The highest BCUT2D eigenvalue weighted by Crippen LogP contribution is 2.04. The lowest BCUT2D eigenvalue weighted by Gasteiger charge is -1.97. The largest absolute Gasteiger partial charge is 0.0622 e. The van der Waals surface area contributed by atoms with Gasteiger partial charge in [0.25, 0.3) is 0 Å². The molecular weight excluding hydrogens is 216 g/mol. The fourth-order valence-electron chi connectivity index (χ4n) is 1.72. The number of benzene rings is 2. The van der Waals surface area contributed by atoms with Crippen molar-refractivity contribution in [3.8, 4) is 0 Å². The van der Waals surface area contributed by atoms with Gasteiger partial charge in [-0.05, 0) is 36.0 Å². The van der Waals surface area contributed by atoms with Crippen molar-refractivity contribution in [1.29, 1.82) is 0 Å². The molecule has 18 heavy (non-hydrogen) atoms. The van der Waals surface area contributed by atoms with Crippen molar-refractivity contribution in [3.63, 3.8) is 0 Å². The Labute approximate surface area is 112 Å². The second-order valence-corrected chi connectivity index (χ2v) is 4.36. The third-order valence-electron chi connectivity index (χ3n) is 3.09. The van der Waals surface area contributed by atoms with Crippen LogP contribution in [0.3, 0.4) is 0 Å². The zero-order valence-electron chi connectivity index (χ0n) is 11.8. The lowest BCUT2D eigenvalue weighted by atomic mass is 10.1. The molecule has 0 atom stereocenters. The topological polar surface area (TPSA) is 0 Å². The fraction of sp³-hybridized carbons (Fsp3) is 0.333. The third-order valence-corrected chi connectivity index (χ3v) is 3.09. The molecule has 96 valence electrons. The van der Waals surface area contributed by atoms with Crippen LogP contribution in [0.15, 0.2) is 54.6 Å². The molecule has 0 aliphatic carbocycles. The first kappa shape index (κ1) is 14.5. The molecular formula is C18H24. The molecule has 0 bridgehead atoms. The van der Waals surface area contributed by atoms with E-state index in [1.54, 1.807) is 0 Å². The van der Waals surface area contributed by atoms with E-state index >= 15 is 0 Å². The minimum absolute atomic E-state index is 1.14. The Bertz CT molecular complexity index is 389. The third kappa shape index (κ3) is 5.18. The first-order valence-electron chi connectivity index (χ1n) is 6.91. The van der Waals surface area contributed by atoms with Gasteiger partial charge in [0.2, 0.25) is 0 Å². The van der Waals surface area contributed by atoms with Crippen molar-refractivity contribution in [2.45, 2.75) is 40.0 Å². The Hall–Kier alpha value is -1.56. The van der Waals surface area contributed by atoms with Crippen molar-refractivity contribution in [2.75, 3.05) is 0 Å². The van der Waals surface area contributed by atoms with Gasteiger partial charge in [-0.2, -0.15) is 0 Å². The van der Waals surface area contributed by atoms with Crippen molar-refractivity contribution in [3.05, 3.63) is 71.3 Å². The molecule has 0 heterocycles. The molecule has 0 saturated carbocycles. The van der Waals surface area contributed by atoms with Crippen LogP contribution in [-0.2, 0) is 19.3 Å². The van der Waals surface area contributed by atoms with Crippen molar-refractivity contribution in [2.24, 2.45) is 0 Å². The van der Waals surface area contributed by atoms with E-state index < -0.39 is 0 Å². The van der Waals surface area contributed by atoms with E-state index in [1.165, 1.54) is 16.7 Å². The van der Waals surface area contributed by atoms with Gasteiger partial charge in [0.1, 0.15) is 0 Å². The molecule has 0 amide bonds. The molecule has 0 radical (unpaired) electrons. The second-order valence-electron chi connectivity index (χ2n) is 4.36. The lowest BCUT2D eigenvalue weighted by molar-refractivity contribution is 1.10. The Morgan fingerprint density at radius 2 is 0.833 bits per heavy atom. The Kier molecular flexibility index (Phi) is 6.86. The normalized spacial score (nSPS) is 9.50. The van der Waals surface area contributed by atoms with Gasteiger partial charge in [-0.15, -0.1) is 0 Å². The summed E-state index contributed by atoms with van der Waals surface area (Å²) in [4.78, 5) is 0. The maximum atomic E-state index is 2.21. The molecule has 0 aromatic heterocycles. The van der Waals surface area contributed by atoms with Crippen LogP contribution in [0.1, 0.15) is 37.5 Å². The molecule has 2 rings (SSSR count). The maximum absolute atomic E-state index is 2.21. The van der Waals surface area contributed by atoms with Gasteiger partial charge in [0, 0.05) is 0 Å². The summed E-state index contributed by atoms with van der Waals surface area (Å²) in [6, 6.07) is 19.3. The summed E-state index contributed by atoms with van der Waals surface area (Å²) in [7, 11) is 0. The zero-order valence-corrected chi connectivity index (χ0v) is 11.8. The highest BCUT2D eigenvalue weighted by Gasteiger charge is 1.88. The number of hydrogen-bond acceptors (Lipinski definition) is 0. The average Bonchev–Trinajstić information content (AvgIpc) is 2.49. The van der Waals surface area contributed by atoms with E-state index in [0.29, 0.717) is 0 Å². The standard InChI is InChI=1S/C10H14.C8H10/c1-3-9-5-7-10(4-2)8-6-9;1-2-8-6-4-3-5-7-8/h5-8H,3-4H2,1-2H3;3-7H,2H2,1H3. The van der Waals surface area contributed by atoms with Crippen LogP contribution in [0.5, 0.6) is 0 Å². The predicted octanol–water partition coefficient (Wildman–Crippen LogP) is 5.06. The van der Waals surface area contributed by atoms with Crippen LogP contribution in [0.25, 0.3) is 0 Å². The molecule has 0 heteroatoms. The smallest absolute Gasteiger partial charge is 0.0307 e. The van der Waals surface area contributed by atoms with Gasteiger partial charge in [-0.25, -0.2) is 0 Å². The highest BCUT2D eigenvalue weighted by atomic mass is 13.9. The van der Waals surface area contributed by atoms with E-state index in [-0.39, 0.29) is 0 Å². The first-order valence-corrected chi connectivity index (χ1v) is 6.91. The van der Waals surface area contributed by atoms with Gasteiger partial charge in [0.05, 0.1) is 0 Å². The second kappa shape index (κ2) is 8.52. The molecule has 0 aliphatic rings. The molecule has 0 nitrogen and oxygen atoms in total. The minimum Gasteiger partial charge on any atom is -0.0622 e. The Morgan fingerprint density at radius 3 is 1.11 bits per heavy atom. The summed E-state index contributed by atoms with van der Waals surface area (Å²) < 4.78 is 0. The molecule has 0 aliphatic heterocycles. The Morgan fingerprint density at radius 1 is 0.500 bits per heavy atom. The van der Waals surface area contributed by atoms with E-state index in [1.807, 2.05) is 6.07 Å². The van der Waals surface area contributed by atoms with Gasteiger partial charge < -0.3 is 0 Å². The van der Waals surface area contributed by atoms with Gasteiger partial charge in [-0.3, -0.25) is 0 Å². The monoisotopic (exact) mass is 240 g/mol. The van der Waals surface area contributed by atoms with Crippen LogP contribution in [-0.4, -0.2) is 0 Å². The molecule has 0 unspecified atom stereocenters. The summed E-state index contributed by atoms with van der Waals surface area (Å²) >= 11 is 0. The van der Waals surface area contributed by atoms with Gasteiger partial charge in [-0.1, -0.05) is 75.4 Å². The molecule has 0 N–H and O–H groups in total. The summed E-state index contributed by atoms with van der Waals surface area (Å²) in [5.41, 5.74) is 4.27. The van der Waals surface area contributed by atoms with Crippen molar-refractivity contribution in [1.82, 2.24) is 0 Å². The molecule has 0 spiro atoms. The SMILES string of the molecule is CCc1ccc(CC)cc1.CCc1ccccc1. The zero-order chi connectivity index (χ0) is 13.2. The molecule has 0 saturated heterocycles. The quantitative estimate of drug-likeness (QED) is 0.703. The van der Waals surface area contributed by atoms with Crippen LogP contribution in [0, 0.1) is 0 Å². The number of aryl methyl sites for hydroxylation is 3. The summed E-state index contributed by atoms with van der Waals surface area (Å²) in [6.07, 6.45) is 3.43. The van der Waals surface area contributed by atoms with E-state index in [2.05, 4.69) is 69.3 Å². The van der Waals surface area contributed by atoms with E-state index in [0.717, 1.165) is 19.3 Å². The van der Waals surface area contributed by atoms with Gasteiger partial charge >= 0.3 is 0 Å². The highest BCUT2D eigenvalue weighted by molar-refractivity contribution is 5.22. The van der Waals surface area contributed by atoms with Gasteiger partial charge in [0.15, 0.2) is 0 Å². The van der Waals surface area contributed by atoms with Crippen molar-refractivity contribution < 1.29 is 0 Å². The van der Waals surface area contributed by atoms with Crippen LogP contribution in [0.4, 0.5) is 0 Å². The minimum atomic E-state index is 1.14. The Balaban J connectivity index is 0.000000184. The van der Waals surface area contributed by atoms with E-state index in [9.17, 15) is 0 Å². The molecule has 2 aromatic carbocycles. The molecule has 0 fully saturated rings. The molecule has 2 aromatic rings.